The Morgan fingerprint density at radius 3 is 2.45 bits per heavy atom. The van der Waals surface area contributed by atoms with E-state index >= 15 is 0 Å². The Bertz CT molecular complexity index is 675. The van der Waals surface area contributed by atoms with Gasteiger partial charge in [0.2, 0.25) is 0 Å². The van der Waals surface area contributed by atoms with Crippen molar-refractivity contribution in [3.8, 4) is 0 Å². The molecule has 0 aliphatic rings. The monoisotopic (exact) mass is 294 g/mol. The lowest BCUT2D eigenvalue weighted by atomic mass is 9.99. The van der Waals surface area contributed by atoms with Crippen LogP contribution in [0.2, 0.25) is 0 Å². The first-order valence-corrected chi connectivity index (χ1v) is 7.97. The van der Waals surface area contributed by atoms with Crippen molar-refractivity contribution in [3.63, 3.8) is 0 Å². The number of nitrogens with zero attached hydrogens (tertiary/aromatic N) is 1. The molecule has 1 heterocycles. The molecule has 0 radical (unpaired) electrons. The van der Waals surface area contributed by atoms with Crippen LogP contribution in [-0.2, 0) is 10.0 Å². The van der Waals surface area contributed by atoms with Gasteiger partial charge in [0.05, 0.1) is 4.90 Å². The van der Waals surface area contributed by atoms with E-state index in [4.69, 9.17) is 4.52 Å². The van der Waals surface area contributed by atoms with Crippen molar-refractivity contribution >= 4 is 15.8 Å². The van der Waals surface area contributed by atoms with Crippen LogP contribution in [0.5, 0.6) is 0 Å². The molecule has 20 heavy (non-hydrogen) atoms. The van der Waals surface area contributed by atoms with Crippen molar-refractivity contribution in [3.05, 3.63) is 41.7 Å². The normalized spacial score (nSPS) is 13.2. The number of hydrogen-bond donors (Lipinski definition) is 1. The predicted octanol–water partition coefficient (Wildman–Crippen LogP) is 3.30. The van der Waals surface area contributed by atoms with Gasteiger partial charge in [-0.05, 0) is 37.0 Å². The minimum Gasteiger partial charge on any atom is -0.360 e. The highest BCUT2D eigenvalue weighted by molar-refractivity contribution is 7.92. The number of nitrogens with one attached hydrogen (secondary N) is 1. The first-order chi connectivity index (χ1) is 9.42. The number of sulfonamides is 1. The summed E-state index contributed by atoms with van der Waals surface area (Å²) in [5, 5.41) is 3.62. The van der Waals surface area contributed by atoms with E-state index in [1.165, 1.54) is 6.07 Å². The average Bonchev–Trinajstić information content (AvgIpc) is 2.82. The highest BCUT2D eigenvalue weighted by Gasteiger charge is 2.16. The van der Waals surface area contributed by atoms with Crippen LogP contribution in [0.25, 0.3) is 0 Å². The molecule has 1 atom stereocenters. The van der Waals surface area contributed by atoms with Gasteiger partial charge < -0.3 is 4.52 Å². The number of benzene rings is 1. The molecule has 1 unspecified atom stereocenters. The second kappa shape index (κ2) is 5.66. The summed E-state index contributed by atoms with van der Waals surface area (Å²) in [4.78, 5) is 0.213. The van der Waals surface area contributed by atoms with E-state index in [-0.39, 0.29) is 10.7 Å². The van der Waals surface area contributed by atoms with Crippen LogP contribution in [-0.4, -0.2) is 13.6 Å². The molecule has 0 amide bonds. The van der Waals surface area contributed by atoms with Gasteiger partial charge in [-0.3, -0.25) is 4.72 Å². The van der Waals surface area contributed by atoms with Crippen molar-refractivity contribution < 1.29 is 12.9 Å². The number of aromatic nitrogens is 1. The maximum Gasteiger partial charge on any atom is 0.263 e. The highest BCUT2D eigenvalue weighted by Crippen LogP contribution is 2.21. The summed E-state index contributed by atoms with van der Waals surface area (Å²) in [7, 11) is -3.62. The van der Waals surface area contributed by atoms with Crippen molar-refractivity contribution in [2.24, 2.45) is 0 Å². The van der Waals surface area contributed by atoms with Gasteiger partial charge in [-0.2, -0.15) is 0 Å². The molecule has 6 heteroatoms. The summed E-state index contributed by atoms with van der Waals surface area (Å²) < 4.78 is 31.6. The molecule has 2 rings (SSSR count). The van der Waals surface area contributed by atoms with Gasteiger partial charge in [0.15, 0.2) is 5.82 Å². The molecule has 1 aromatic heterocycles. The molecule has 0 saturated carbocycles. The number of anilines is 1. The largest absolute Gasteiger partial charge is 0.360 e. The van der Waals surface area contributed by atoms with E-state index in [9.17, 15) is 8.42 Å². The van der Waals surface area contributed by atoms with E-state index < -0.39 is 10.0 Å². The summed E-state index contributed by atoms with van der Waals surface area (Å²) >= 11 is 0. The molecule has 2 aromatic rings. The molecule has 0 fully saturated rings. The highest BCUT2D eigenvalue weighted by atomic mass is 32.2. The summed E-state index contributed by atoms with van der Waals surface area (Å²) in [6.07, 6.45) is 1.02. The third-order valence-corrected chi connectivity index (χ3v) is 4.61. The van der Waals surface area contributed by atoms with Crippen LogP contribution < -0.4 is 4.72 Å². The minimum absolute atomic E-state index is 0.188. The second-order valence-electron chi connectivity index (χ2n) is 4.81. The first-order valence-electron chi connectivity index (χ1n) is 6.48. The molecule has 0 bridgehead atoms. The Morgan fingerprint density at radius 1 is 1.30 bits per heavy atom. The van der Waals surface area contributed by atoms with Crippen LogP contribution in [0, 0.1) is 6.92 Å². The van der Waals surface area contributed by atoms with Crippen molar-refractivity contribution in [2.75, 3.05) is 4.72 Å². The molecular weight excluding hydrogens is 276 g/mol. The van der Waals surface area contributed by atoms with E-state index in [2.05, 4.69) is 23.7 Å². The smallest absolute Gasteiger partial charge is 0.263 e. The Hall–Kier alpha value is -1.82. The van der Waals surface area contributed by atoms with E-state index in [1.54, 1.807) is 19.1 Å². The van der Waals surface area contributed by atoms with E-state index in [0.29, 0.717) is 11.7 Å². The summed E-state index contributed by atoms with van der Waals surface area (Å²) in [6, 6.07) is 8.44. The fourth-order valence-electron chi connectivity index (χ4n) is 1.82. The van der Waals surface area contributed by atoms with Crippen LogP contribution >= 0.6 is 0 Å². The van der Waals surface area contributed by atoms with Gasteiger partial charge in [0.1, 0.15) is 5.76 Å². The molecule has 5 nitrogen and oxygen atoms in total. The Balaban J connectivity index is 2.21. The van der Waals surface area contributed by atoms with Gasteiger partial charge in [-0.1, -0.05) is 31.1 Å². The summed E-state index contributed by atoms with van der Waals surface area (Å²) in [5.74, 6) is 1.15. The molecule has 0 aliphatic heterocycles. The van der Waals surface area contributed by atoms with Crippen molar-refractivity contribution in [1.82, 2.24) is 5.16 Å². The predicted molar refractivity (Wildman–Crippen MR) is 77.2 cm³/mol. The molecule has 1 aromatic carbocycles. The zero-order valence-corrected chi connectivity index (χ0v) is 12.6. The van der Waals surface area contributed by atoms with Gasteiger partial charge in [-0.25, -0.2) is 8.42 Å². The maximum absolute atomic E-state index is 12.2. The molecule has 0 saturated heterocycles. The lowest BCUT2D eigenvalue weighted by Gasteiger charge is -2.10. The van der Waals surface area contributed by atoms with Crippen molar-refractivity contribution in [2.45, 2.75) is 38.0 Å². The topological polar surface area (TPSA) is 72.2 Å². The third kappa shape index (κ3) is 3.19. The van der Waals surface area contributed by atoms with Gasteiger partial charge >= 0.3 is 0 Å². The quantitative estimate of drug-likeness (QED) is 0.918. The third-order valence-electron chi connectivity index (χ3n) is 3.24. The fraction of sp³-hybridized carbons (Fsp3) is 0.357. The summed E-state index contributed by atoms with van der Waals surface area (Å²) in [5.41, 5.74) is 1.13. The molecule has 108 valence electrons. The van der Waals surface area contributed by atoms with Gasteiger partial charge in [-0.15, -0.1) is 0 Å². The second-order valence-corrected chi connectivity index (χ2v) is 6.49. The SMILES string of the molecule is CCC(C)c1ccc(S(=O)(=O)Nc2cc(C)on2)cc1. The van der Waals surface area contributed by atoms with E-state index in [0.717, 1.165) is 12.0 Å². The van der Waals surface area contributed by atoms with Gasteiger partial charge in [0.25, 0.3) is 10.0 Å². The van der Waals surface area contributed by atoms with Crippen molar-refractivity contribution in [1.29, 1.82) is 0 Å². The molecule has 0 aliphatic carbocycles. The van der Waals surface area contributed by atoms with Gasteiger partial charge in [0, 0.05) is 6.07 Å². The Morgan fingerprint density at radius 2 is 1.95 bits per heavy atom. The molecular formula is C14H18N2O3S. The average molecular weight is 294 g/mol. The Kier molecular flexibility index (Phi) is 4.13. The van der Waals surface area contributed by atoms with E-state index in [1.807, 2.05) is 12.1 Å². The lowest BCUT2D eigenvalue weighted by Crippen LogP contribution is -2.13. The van der Waals surface area contributed by atoms with Crippen LogP contribution in [0.1, 0.15) is 37.5 Å². The molecule has 1 N–H and O–H groups in total. The number of rotatable bonds is 5. The minimum atomic E-state index is -3.62. The molecule has 0 spiro atoms. The van der Waals surface area contributed by atoms with Crippen LogP contribution in [0.4, 0.5) is 5.82 Å². The number of hydrogen-bond acceptors (Lipinski definition) is 4. The zero-order chi connectivity index (χ0) is 14.8. The van der Waals surface area contributed by atoms with Crippen LogP contribution in [0.15, 0.2) is 39.8 Å². The Labute approximate surface area is 119 Å². The zero-order valence-electron chi connectivity index (χ0n) is 11.8. The maximum atomic E-state index is 12.2. The summed E-state index contributed by atoms with van der Waals surface area (Å²) in [6.45, 7) is 5.91. The lowest BCUT2D eigenvalue weighted by molar-refractivity contribution is 0.400. The standard InChI is InChI=1S/C14H18N2O3S/c1-4-10(2)12-5-7-13(8-6-12)20(17,18)16-14-9-11(3)19-15-14/h5-10H,4H2,1-3H3,(H,15,16). The fourth-order valence-corrected chi connectivity index (χ4v) is 2.81. The number of aryl methyl sites for hydroxylation is 1. The first kappa shape index (κ1) is 14.6. The van der Waals surface area contributed by atoms with Crippen LogP contribution in [0.3, 0.4) is 0 Å².